The molecule has 0 saturated heterocycles. The first kappa shape index (κ1) is 8.36. The van der Waals surface area contributed by atoms with Gasteiger partial charge in [-0.25, -0.2) is 29.9 Å². The van der Waals surface area contributed by atoms with Gasteiger partial charge < -0.3 is 0 Å². The first-order valence-electron chi connectivity index (χ1n) is 3.87. The summed E-state index contributed by atoms with van der Waals surface area (Å²) in [5.41, 5.74) is 0. The van der Waals surface area contributed by atoms with Crippen molar-refractivity contribution in [3.05, 3.63) is 37.0 Å². The monoisotopic (exact) mass is 186 g/mol. The number of rotatable bonds is 2. The first-order valence-corrected chi connectivity index (χ1v) is 3.87. The van der Waals surface area contributed by atoms with E-state index in [-0.39, 0.29) is 0 Å². The fourth-order valence-corrected chi connectivity index (χ4v) is 0.817. The van der Waals surface area contributed by atoms with Crippen LogP contribution < -0.4 is 0 Å². The van der Waals surface area contributed by atoms with Crippen LogP contribution in [0.3, 0.4) is 0 Å². The Kier molecular flexibility index (Phi) is 2.46. The standard InChI is InChI=1S/C8H6N6/c1(7-11-3-9-4-12-7)2-8-13-5-10-6-14-8/h1-6H/b2-1+. The van der Waals surface area contributed by atoms with Gasteiger partial charge >= 0.3 is 0 Å². The zero-order valence-corrected chi connectivity index (χ0v) is 7.15. The van der Waals surface area contributed by atoms with E-state index in [9.17, 15) is 0 Å². The Labute approximate surface area is 79.8 Å². The van der Waals surface area contributed by atoms with Crippen LogP contribution in [0, 0.1) is 0 Å². The third kappa shape index (κ3) is 2.13. The topological polar surface area (TPSA) is 77.3 Å². The molecule has 0 spiro atoms. The third-order valence-electron chi connectivity index (χ3n) is 1.41. The van der Waals surface area contributed by atoms with Crippen LogP contribution in [0.4, 0.5) is 0 Å². The Balaban J connectivity index is 2.16. The zero-order valence-electron chi connectivity index (χ0n) is 7.15. The van der Waals surface area contributed by atoms with E-state index in [2.05, 4.69) is 29.9 Å². The fraction of sp³-hybridized carbons (Fsp3) is 0. The van der Waals surface area contributed by atoms with Gasteiger partial charge in [0.1, 0.15) is 25.3 Å². The van der Waals surface area contributed by atoms with Crippen molar-refractivity contribution in [3.8, 4) is 0 Å². The highest BCUT2D eigenvalue weighted by molar-refractivity contribution is 5.62. The normalized spacial score (nSPS) is 10.6. The van der Waals surface area contributed by atoms with Crippen molar-refractivity contribution in [2.75, 3.05) is 0 Å². The molecule has 0 aromatic carbocycles. The van der Waals surface area contributed by atoms with Gasteiger partial charge in [-0.15, -0.1) is 0 Å². The lowest BCUT2D eigenvalue weighted by Gasteiger charge is -1.89. The molecule has 6 heteroatoms. The van der Waals surface area contributed by atoms with Gasteiger partial charge in [-0.2, -0.15) is 0 Å². The van der Waals surface area contributed by atoms with Gasteiger partial charge in [-0.05, 0) is 12.2 Å². The molecule has 0 aliphatic heterocycles. The van der Waals surface area contributed by atoms with Gasteiger partial charge in [0.25, 0.3) is 0 Å². The summed E-state index contributed by atoms with van der Waals surface area (Å²) in [6.07, 6.45) is 9.13. The molecule has 0 bridgehead atoms. The molecule has 2 aromatic rings. The summed E-state index contributed by atoms with van der Waals surface area (Å²) < 4.78 is 0. The molecule has 0 N–H and O–H groups in total. The molecule has 68 valence electrons. The maximum atomic E-state index is 3.91. The average Bonchev–Trinajstić information content (AvgIpc) is 2.29. The van der Waals surface area contributed by atoms with Gasteiger partial charge in [0.2, 0.25) is 0 Å². The first-order chi connectivity index (χ1) is 6.95. The van der Waals surface area contributed by atoms with Crippen molar-refractivity contribution >= 4 is 12.2 Å². The van der Waals surface area contributed by atoms with Gasteiger partial charge in [0.05, 0.1) is 0 Å². The summed E-state index contributed by atoms with van der Waals surface area (Å²) in [4.78, 5) is 23.1. The van der Waals surface area contributed by atoms with Crippen molar-refractivity contribution < 1.29 is 0 Å². The second-order valence-electron chi connectivity index (χ2n) is 2.33. The SMILES string of the molecule is C(=C\c1ncncn1)/c1ncncn1. The van der Waals surface area contributed by atoms with Crippen LogP contribution >= 0.6 is 0 Å². The Morgan fingerprint density at radius 3 is 1.36 bits per heavy atom. The van der Waals surface area contributed by atoms with Gasteiger partial charge in [0, 0.05) is 0 Å². The van der Waals surface area contributed by atoms with Crippen LogP contribution in [0.1, 0.15) is 11.6 Å². The molecule has 0 saturated carbocycles. The highest BCUT2D eigenvalue weighted by Crippen LogP contribution is 1.95. The molecule has 0 amide bonds. The molecule has 0 unspecified atom stereocenters. The van der Waals surface area contributed by atoms with Crippen molar-refractivity contribution in [3.63, 3.8) is 0 Å². The Hall–Kier alpha value is -2.24. The van der Waals surface area contributed by atoms with E-state index in [1.54, 1.807) is 12.2 Å². The van der Waals surface area contributed by atoms with Crippen LogP contribution in [0.15, 0.2) is 25.3 Å². The molecule has 6 nitrogen and oxygen atoms in total. The average molecular weight is 186 g/mol. The van der Waals surface area contributed by atoms with Gasteiger partial charge in [-0.3, -0.25) is 0 Å². The van der Waals surface area contributed by atoms with E-state index >= 15 is 0 Å². The lowest BCUT2D eigenvalue weighted by molar-refractivity contribution is 1.02. The molecule has 2 heterocycles. The lowest BCUT2D eigenvalue weighted by Crippen LogP contribution is -1.89. The summed E-state index contributed by atoms with van der Waals surface area (Å²) in [7, 11) is 0. The highest BCUT2D eigenvalue weighted by atomic mass is 15.0. The molecular weight excluding hydrogens is 180 g/mol. The third-order valence-corrected chi connectivity index (χ3v) is 1.41. The largest absolute Gasteiger partial charge is 0.225 e. The Bertz CT molecular complexity index is 371. The van der Waals surface area contributed by atoms with Crippen molar-refractivity contribution in [1.29, 1.82) is 0 Å². The maximum Gasteiger partial charge on any atom is 0.155 e. The van der Waals surface area contributed by atoms with E-state index in [0.29, 0.717) is 11.6 Å². The minimum Gasteiger partial charge on any atom is -0.225 e. The summed E-state index contributed by atoms with van der Waals surface area (Å²) in [6.45, 7) is 0. The van der Waals surface area contributed by atoms with E-state index in [1.807, 2.05) is 0 Å². The predicted octanol–water partition coefficient (Wildman–Crippen LogP) is 0.227. The van der Waals surface area contributed by atoms with Gasteiger partial charge in [0.15, 0.2) is 11.6 Å². The van der Waals surface area contributed by atoms with E-state index in [0.717, 1.165) is 0 Å². The summed E-state index contributed by atoms with van der Waals surface area (Å²) in [6, 6.07) is 0. The number of nitrogens with zero attached hydrogens (tertiary/aromatic N) is 6. The molecular formula is C8H6N6. The molecule has 0 atom stereocenters. The van der Waals surface area contributed by atoms with Crippen LogP contribution in [0.25, 0.3) is 12.2 Å². The Morgan fingerprint density at radius 2 is 1.00 bits per heavy atom. The molecule has 0 aliphatic carbocycles. The second-order valence-corrected chi connectivity index (χ2v) is 2.33. The molecule has 0 aliphatic rings. The molecule has 2 aromatic heterocycles. The Morgan fingerprint density at radius 1 is 0.643 bits per heavy atom. The van der Waals surface area contributed by atoms with Crippen molar-refractivity contribution in [1.82, 2.24) is 29.9 Å². The van der Waals surface area contributed by atoms with Crippen LogP contribution in [0.2, 0.25) is 0 Å². The van der Waals surface area contributed by atoms with Gasteiger partial charge in [-0.1, -0.05) is 0 Å². The van der Waals surface area contributed by atoms with E-state index in [1.165, 1.54) is 25.3 Å². The quantitative estimate of drug-likeness (QED) is 0.668. The number of aromatic nitrogens is 6. The summed E-state index contributed by atoms with van der Waals surface area (Å²) in [5, 5.41) is 0. The van der Waals surface area contributed by atoms with E-state index in [4.69, 9.17) is 0 Å². The van der Waals surface area contributed by atoms with Crippen molar-refractivity contribution in [2.24, 2.45) is 0 Å². The minimum atomic E-state index is 0.570. The van der Waals surface area contributed by atoms with Crippen molar-refractivity contribution in [2.45, 2.75) is 0 Å². The fourth-order valence-electron chi connectivity index (χ4n) is 0.817. The maximum absolute atomic E-state index is 3.91. The predicted molar refractivity (Wildman–Crippen MR) is 48.6 cm³/mol. The van der Waals surface area contributed by atoms with E-state index < -0.39 is 0 Å². The lowest BCUT2D eigenvalue weighted by atomic mass is 10.4. The van der Waals surface area contributed by atoms with Crippen LogP contribution in [0.5, 0.6) is 0 Å². The molecule has 0 radical (unpaired) electrons. The minimum absolute atomic E-state index is 0.570. The van der Waals surface area contributed by atoms with Crippen LogP contribution in [-0.4, -0.2) is 29.9 Å². The molecule has 14 heavy (non-hydrogen) atoms. The zero-order chi connectivity index (χ0) is 9.64. The van der Waals surface area contributed by atoms with Crippen LogP contribution in [-0.2, 0) is 0 Å². The molecule has 2 rings (SSSR count). The number of hydrogen-bond donors (Lipinski definition) is 0. The molecule has 0 fully saturated rings. The smallest absolute Gasteiger partial charge is 0.155 e. The number of hydrogen-bond acceptors (Lipinski definition) is 6. The summed E-state index contributed by atoms with van der Waals surface area (Å²) >= 11 is 0. The summed E-state index contributed by atoms with van der Waals surface area (Å²) in [5.74, 6) is 1.14. The second kappa shape index (κ2) is 4.13. The highest BCUT2D eigenvalue weighted by Gasteiger charge is 1.89.